The van der Waals surface area contributed by atoms with E-state index in [0.29, 0.717) is 21.6 Å². The molecule has 0 saturated carbocycles. The summed E-state index contributed by atoms with van der Waals surface area (Å²) in [5.41, 5.74) is 1.70. The molecule has 2 rings (SSSR count). The van der Waals surface area contributed by atoms with Crippen molar-refractivity contribution < 1.29 is 4.79 Å². The van der Waals surface area contributed by atoms with E-state index in [2.05, 4.69) is 37.2 Å². The Hall–Kier alpha value is -0.840. The summed E-state index contributed by atoms with van der Waals surface area (Å²) in [6.07, 6.45) is 0. The van der Waals surface area contributed by atoms with Crippen LogP contribution in [0.1, 0.15) is 20.7 Å². The standard InChI is InChI=1S/C15H12Br2ClNO/c16-13-8-11(18)6-7-12(13)15(20)19-9-14(17)10-4-2-1-3-5-10/h1-8,14H,9H2,(H,19,20). The number of nitrogens with one attached hydrogen (secondary N) is 1. The van der Waals surface area contributed by atoms with E-state index in [-0.39, 0.29) is 10.7 Å². The predicted octanol–water partition coefficient (Wildman–Crippen LogP) is 4.97. The van der Waals surface area contributed by atoms with E-state index in [9.17, 15) is 4.79 Å². The molecule has 2 aromatic rings. The zero-order valence-corrected chi connectivity index (χ0v) is 14.4. The highest BCUT2D eigenvalue weighted by molar-refractivity contribution is 9.10. The van der Waals surface area contributed by atoms with Gasteiger partial charge in [-0.3, -0.25) is 4.79 Å². The lowest BCUT2D eigenvalue weighted by Crippen LogP contribution is -2.27. The van der Waals surface area contributed by atoms with E-state index in [0.717, 1.165) is 5.56 Å². The molecular formula is C15H12Br2ClNO. The molecule has 0 fully saturated rings. The molecule has 5 heteroatoms. The second-order valence-corrected chi connectivity index (χ2v) is 6.61. The third-order valence-electron chi connectivity index (χ3n) is 2.78. The summed E-state index contributed by atoms with van der Waals surface area (Å²) in [6.45, 7) is 0.512. The molecule has 0 aliphatic rings. The lowest BCUT2D eigenvalue weighted by molar-refractivity contribution is 0.0953. The molecule has 1 atom stereocenters. The summed E-state index contributed by atoms with van der Waals surface area (Å²) in [5.74, 6) is -0.131. The smallest absolute Gasteiger partial charge is 0.252 e. The number of rotatable bonds is 4. The minimum atomic E-state index is -0.131. The Morgan fingerprint density at radius 1 is 1.20 bits per heavy atom. The van der Waals surface area contributed by atoms with Gasteiger partial charge in [0.2, 0.25) is 0 Å². The van der Waals surface area contributed by atoms with E-state index < -0.39 is 0 Å². The summed E-state index contributed by atoms with van der Waals surface area (Å²) in [4.78, 5) is 12.2. The molecule has 1 N–H and O–H groups in total. The molecular weight excluding hydrogens is 405 g/mol. The van der Waals surface area contributed by atoms with Crippen LogP contribution in [0.4, 0.5) is 0 Å². The Labute approximate surface area is 139 Å². The van der Waals surface area contributed by atoms with Crippen LogP contribution < -0.4 is 5.32 Å². The molecule has 0 heterocycles. The van der Waals surface area contributed by atoms with Gasteiger partial charge in [0.25, 0.3) is 5.91 Å². The Morgan fingerprint density at radius 3 is 2.55 bits per heavy atom. The van der Waals surface area contributed by atoms with Crippen molar-refractivity contribution in [2.45, 2.75) is 4.83 Å². The topological polar surface area (TPSA) is 29.1 Å². The van der Waals surface area contributed by atoms with E-state index in [1.807, 2.05) is 30.3 Å². The van der Waals surface area contributed by atoms with Crippen LogP contribution in [0.2, 0.25) is 5.02 Å². The van der Waals surface area contributed by atoms with E-state index in [1.54, 1.807) is 18.2 Å². The van der Waals surface area contributed by atoms with Crippen LogP contribution in [0.3, 0.4) is 0 Å². The fourth-order valence-corrected chi connectivity index (χ4v) is 3.06. The first-order valence-electron chi connectivity index (χ1n) is 6.00. The first-order valence-corrected chi connectivity index (χ1v) is 8.09. The van der Waals surface area contributed by atoms with Crippen LogP contribution in [0, 0.1) is 0 Å². The molecule has 2 nitrogen and oxygen atoms in total. The van der Waals surface area contributed by atoms with E-state index in [1.165, 1.54) is 0 Å². The minimum Gasteiger partial charge on any atom is -0.351 e. The Kier molecular flexibility index (Phi) is 5.64. The minimum absolute atomic E-state index is 0.0822. The predicted molar refractivity (Wildman–Crippen MR) is 89.6 cm³/mol. The number of hydrogen-bond acceptors (Lipinski definition) is 1. The number of hydrogen-bond donors (Lipinski definition) is 1. The molecule has 104 valence electrons. The molecule has 0 aliphatic carbocycles. The van der Waals surface area contributed by atoms with Gasteiger partial charge in [0.1, 0.15) is 0 Å². The van der Waals surface area contributed by atoms with Crippen LogP contribution in [0.15, 0.2) is 53.0 Å². The van der Waals surface area contributed by atoms with Gasteiger partial charge in [-0.1, -0.05) is 57.9 Å². The van der Waals surface area contributed by atoms with Crippen LogP contribution in [-0.4, -0.2) is 12.5 Å². The summed E-state index contributed by atoms with van der Waals surface area (Å²) in [6, 6.07) is 15.1. The third-order valence-corrected chi connectivity index (χ3v) is 4.52. The zero-order valence-electron chi connectivity index (χ0n) is 10.4. The fourth-order valence-electron chi connectivity index (χ4n) is 1.73. The number of carbonyl (C=O) groups excluding carboxylic acids is 1. The van der Waals surface area contributed by atoms with Gasteiger partial charge in [-0.05, 0) is 39.7 Å². The summed E-state index contributed by atoms with van der Waals surface area (Å²) in [5, 5.41) is 3.49. The van der Waals surface area contributed by atoms with Crippen molar-refractivity contribution in [3.63, 3.8) is 0 Å². The molecule has 1 unspecified atom stereocenters. The highest BCUT2D eigenvalue weighted by Crippen LogP contribution is 2.23. The van der Waals surface area contributed by atoms with Crippen molar-refractivity contribution in [1.82, 2.24) is 5.32 Å². The SMILES string of the molecule is O=C(NCC(Br)c1ccccc1)c1ccc(Cl)cc1Br. The van der Waals surface area contributed by atoms with Crippen molar-refractivity contribution in [3.8, 4) is 0 Å². The third kappa shape index (κ3) is 4.08. The van der Waals surface area contributed by atoms with Crippen LogP contribution >= 0.6 is 43.5 Å². The van der Waals surface area contributed by atoms with Gasteiger partial charge in [-0.2, -0.15) is 0 Å². The average Bonchev–Trinajstić information content (AvgIpc) is 2.45. The lowest BCUT2D eigenvalue weighted by Gasteiger charge is -2.12. The molecule has 0 aromatic heterocycles. The van der Waals surface area contributed by atoms with Gasteiger partial charge in [-0.25, -0.2) is 0 Å². The second-order valence-electron chi connectivity index (χ2n) is 4.21. The van der Waals surface area contributed by atoms with Crippen molar-refractivity contribution >= 4 is 49.4 Å². The maximum absolute atomic E-state index is 12.1. The molecule has 0 spiro atoms. The average molecular weight is 418 g/mol. The monoisotopic (exact) mass is 415 g/mol. The number of carbonyl (C=O) groups is 1. The number of benzene rings is 2. The van der Waals surface area contributed by atoms with Gasteiger partial charge < -0.3 is 5.32 Å². The largest absolute Gasteiger partial charge is 0.351 e. The Morgan fingerprint density at radius 2 is 1.90 bits per heavy atom. The summed E-state index contributed by atoms with van der Waals surface area (Å²) >= 11 is 12.8. The summed E-state index contributed by atoms with van der Waals surface area (Å²) in [7, 11) is 0. The highest BCUT2D eigenvalue weighted by Gasteiger charge is 2.13. The van der Waals surface area contributed by atoms with Crippen LogP contribution in [0.5, 0.6) is 0 Å². The maximum atomic E-state index is 12.1. The molecule has 1 amide bonds. The first kappa shape index (κ1) is 15.5. The number of amides is 1. The Bertz CT molecular complexity index is 604. The number of alkyl halides is 1. The van der Waals surface area contributed by atoms with E-state index >= 15 is 0 Å². The van der Waals surface area contributed by atoms with Crippen molar-refractivity contribution in [2.24, 2.45) is 0 Å². The Balaban J connectivity index is 1.99. The first-order chi connectivity index (χ1) is 9.58. The van der Waals surface area contributed by atoms with E-state index in [4.69, 9.17) is 11.6 Å². The molecule has 2 aromatic carbocycles. The molecule has 0 aliphatic heterocycles. The van der Waals surface area contributed by atoms with Crippen molar-refractivity contribution in [2.75, 3.05) is 6.54 Å². The molecule has 0 radical (unpaired) electrons. The number of halogens is 3. The second kappa shape index (κ2) is 7.25. The van der Waals surface area contributed by atoms with Crippen molar-refractivity contribution in [3.05, 3.63) is 69.2 Å². The van der Waals surface area contributed by atoms with Gasteiger partial charge in [0.15, 0.2) is 0 Å². The van der Waals surface area contributed by atoms with Gasteiger partial charge in [0, 0.05) is 16.0 Å². The van der Waals surface area contributed by atoms with Crippen LogP contribution in [0.25, 0.3) is 0 Å². The normalized spacial score (nSPS) is 11.9. The molecule has 0 saturated heterocycles. The fraction of sp³-hybridized carbons (Fsp3) is 0.133. The molecule has 20 heavy (non-hydrogen) atoms. The van der Waals surface area contributed by atoms with Crippen LogP contribution in [-0.2, 0) is 0 Å². The van der Waals surface area contributed by atoms with Gasteiger partial charge in [-0.15, -0.1) is 0 Å². The quantitative estimate of drug-likeness (QED) is 0.700. The van der Waals surface area contributed by atoms with Gasteiger partial charge >= 0.3 is 0 Å². The highest BCUT2D eigenvalue weighted by atomic mass is 79.9. The van der Waals surface area contributed by atoms with Crippen molar-refractivity contribution in [1.29, 1.82) is 0 Å². The summed E-state index contributed by atoms with van der Waals surface area (Å²) < 4.78 is 0.688. The molecule has 0 bridgehead atoms. The van der Waals surface area contributed by atoms with Gasteiger partial charge in [0.05, 0.1) is 10.4 Å². The lowest BCUT2D eigenvalue weighted by atomic mass is 10.1. The zero-order chi connectivity index (χ0) is 14.5. The maximum Gasteiger partial charge on any atom is 0.252 e.